The molecule has 0 saturated carbocycles. The van der Waals surface area contributed by atoms with Crippen molar-refractivity contribution in [3.63, 3.8) is 0 Å². The number of hydrogen-bond acceptors (Lipinski definition) is 6. The highest BCUT2D eigenvalue weighted by atomic mass is 19.1. The second-order valence-electron chi connectivity index (χ2n) is 8.08. The number of β-amino-alcohol motifs (C(OH)–C–C–N with tert-alkyl or cyclic N) is 1. The van der Waals surface area contributed by atoms with E-state index in [-0.39, 0.29) is 17.5 Å². The Morgan fingerprint density at radius 3 is 2.76 bits per heavy atom. The predicted molar refractivity (Wildman–Crippen MR) is 107 cm³/mol. The second kappa shape index (κ2) is 7.36. The van der Waals surface area contributed by atoms with E-state index in [0.717, 1.165) is 0 Å². The summed E-state index contributed by atoms with van der Waals surface area (Å²) in [6, 6.07) is 9.06. The maximum absolute atomic E-state index is 13.6. The van der Waals surface area contributed by atoms with E-state index in [1.54, 1.807) is 29.0 Å². The summed E-state index contributed by atoms with van der Waals surface area (Å²) < 4.78 is 15.2. The van der Waals surface area contributed by atoms with E-state index in [9.17, 15) is 14.3 Å². The van der Waals surface area contributed by atoms with Crippen molar-refractivity contribution in [1.29, 1.82) is 0 Å². The molecule has 4 rings (SSSR count). The van der Waals surface area contributed by atoms with Crippen LogP contribution in [0.25, 0.3) is 11.4 Å². The number of hydrogen-bond donors (Lipinski definition) is 1. The van der Waals surface area contributed by atoms with Crippen molar-refractivity contribution in [3.05, 3.63) is 70.7 Å². The number of fused-ring (bicyclic) bond motifs is 1. The van der Waals surface area contributed by atoms with Gasteiger partial charge in [0, 0.05) is 30.8 Å². The summed E-state index contributed by atoms with van der Waals surface area (Å²) in [4.78, 5) is 27.5. The number of rotatable bonds is 4. The topological polar surface area (TPSA) is 84.1 Å². The quantitative estimate of drug-likeness (QED) is 0.730. The summed E-state index contributed by atoms with van der Waals surface area (Å²) in [5, 5.41) is 10.7. The molecule has 1 aliphatic rings. The Kier molecular flexibility index (Phi) is 4.87. The molecule has 29 heavy (non-hydrogen) atoms. The molecule has 1 aromatic carbocycles. The van der Waals surface area contributed by atoms with Crippen LogP contribution >= 0.6 is 0 Å². The van der Waals surface area contributed by atoms with E-state index in [0.29, 0.717) is 36.0 Å². The smallest absolute Gasteiger partial charge is 0.255 e. The molecule has 1 aliphatic heterocycles. The van der Waals surface area contributed by atoms with E-state index in [4.69, 9.17) is 0 Å². The fourth-order valence-electron chi connectivity index (χ4n) is 3.70. The molecule has 0 amide bonds. The van der Waals surface area contributed by atoms with Gasteiger partial charge in [-0.25, -0.2) is 19.3 Å². The van der Waals surface area contributed by atoms with Gasteiger partial charge in [0.05, 0.1) is 24.0 Å². The minimum absolute atomic E-state index is 0.179. The Bertz CT molecular complexity index is 1080. The number of anilines is 1. The number of aromatic nitrogens is 4. The van der Waals surface area contributed by atoms with Crippen LogP contribution in [0.15, 0.2) is 53.7 Å². The van der Waals surface area contributed by atoms with Crippen LogP contribution in [0.1, 0.15) is 25.5 Å². The van der Waals surface area contributed by atoms with E-state index >= 15 is 0 Å². The van der Waals surface area contributed by atoms with Crippen molar-refractivity contribution < 1.29 is 9.50 Å². The fourth-order valence-corrected chi connectivity index (χ4v) is 3.70. The van der Waals surface area contributed by atoms with E-state index in [2.05, 4.69) is 28.8 Å². The SMILES string of the molecule is CC1(C)CN(CC(O)c2cccc(F)c2)c2nc(-c3ccncn3)cc(=O)n2C1. The Balaban J connectivity index is 1.74. The second-order valence-corrected chi connectivity index (χ2v) is 8.08. The molecule has 3 heterocycles. The number of aliphatic hydroxyl groups is 1. The largest absolute Gasteiger partial charge is 0.387 e. The van der Waals surface area contributed by atoms with Crippen molar-refractivity contribution in [1.82, 2.24) is 19.5 Å². The molecule has 1 unspecified atom stereocenters. The molecular formula is C21H22FN5O2. The van der Waals surface area contributed by atoms with Crippen molar-refractivity contribution in [2.24, 2.45) is 5.41 Å². The number of benzene rings is 1. The molecule has 0 fully saturated rings. The van der Waals surface area contributed by atoms with Crippen LogP contribution in [0.4, 0.5) is 10.3 Å². The van der Waals surface area contributed by atoms with Crippen molar-refractivity contribution >= 4 is 5.95 Å². The lowest BCUT2D eigenvalue weighted by atomic mass is 9.90. The lowest BCUT2D eigenvalue weighted by Crippen LogP contribution is -2.48. The molecule has 0 spiro atoms. The first-order valence-corrected chi connectivity index (χ1v) is 9.39. The van der Waals surface area contributed by atoms with Gasteiger partial charge in [0.1, 0.15) is 12.1 Å². The minimum Gasteiger partial charge on any atom is -0.387 e. The number of halogens is 1. The Hall–Kier alpha value is -3.13. The molecule has 3 aromatic rings. The Morgan fingerprint density at radius 2 is 2.03 bits per heavy atom. The summed E-state index contributed by atoms with van der Waals surface area (Å²) >= 11 is 0. The van der Waals surface area contributed by atoms with Crippen LogP contribution in [-0.4, -0.2) is 37.7 Å². The van der Waals surface area contributed by atoms with E-state index in [1.165, 1.54) is 24.5 Å². The normalized spacial score (nSPS) is 16.3. The van der Waals surface area contributed by atoms with Gasteiger partial charge in [-0.1, -0.05) is 26.0 Å². The maximum atomic E-state index is 13.6. The first-order valence-electron chi connectivity index (χ1n) is 9.39. The minimum atomic E-state index is -0.923. The summed E-state index contributed by atoms with van der Waals surface area (Å²) in [7, 11) is 0. The zero-order valence-corrected chi connectivity index (χ0v) is 16.3. The zero-order valence-electron chi connectivity index (χ0n) is 16.3. The van der Waals surface area contributed by atoms with E-state index < -0.39 is 11.9 Å². The number of nitrogens with zero attached hydrogens (tertiary/aromatic N) is 5. The molecule has 0 aliphatic carbocycles. The molecule has 1 N–H and O–H groups in total. The van der Waals surface area contributed by atoms with Crippen molar-refractivity contribution in [2.45, 2.75) is 26.5 Å². The predicted octanol–water partition coefficient (Wildman–Crippen LogP) is 2.42. The third-order valence-corrected chi connectivity index (χ3v) is 4.95. The average Bonchev–Trinajstić information content (AvgIpc) is 2.68. The first kappa shape index (κ1) is 19.2. The molecule has 0 bridgehead atoms. The van der Waals surface area contributed by atoms with E-state index in [1.807, 2.05) is 4.90 Å². The fraction of sp³-hybridized carbons (Fsp3) is 0.333. The molecule has 150 valence electrons. The monoisotopic (exact) mass is 395 g/mol. The number of aliphatic hydroxyl groups excluding tert-OH is 1. The van der Waals surface area contributed by atoms with Crippen molar-refractivity contribution in [3.8, 4) is 11.4 Å². The Labute approximate surface area is 167 Å². The average molecular weight is 395 g/mol. The molecular weight excluding hydrogens is 373 g/mol. The molecule has 0 radical (unpaired) electrons. The van der Waals surface area contributed by atoms with Gasteiger partial charge < -0.3 is 10.0 Å². The lowest BCUT2D eigenvalue weighted by Gasteiger charge is -2.41. The van der Waals surface area contributed by atoms with Crippen LogP contribution in [0.3, 0.4) is 0 Å². The lowest BCUT2D eigenvalue weighted by molar-refractivity contribution is 0.171. The van der Waals surface area contributed by atoms with Gasteiger partial charge in [-0.05, 0) is 23.8 Å². The molecule has 7 nitrogen and oxygen atoms in total. The van der Waals surface area contributed by atoms with Crippen LogP contribution < -0.4 is 10.5 Å². The molecule has 0 saturated heterocycles. The van der Waals surface area contributed by atoms with Gasteiger partial charge in [-0.3, -0.25) is 9.36 Å². The summed E-state index contributed by atoms with van der Waals surface area (Å²) in [6.07, 6.45) is 2.07. The standard InChI is InChI=1S/C21H22FN5O2/c1-21(2)11-26(10-18(28)14-4-3-5-15(22)8-14)20-25-17(9-19(29)27(20)12-21)16-6-7-23-13-24-16/h3-9,13,18,28H,10-12H2,1-2H3. The maximum Gasteiger partial charge on any atom is 0.255 e. The molecule has 8 heteroatoms. The summed E-state index contributed by atoms with van der Waals surface area (Å²) in [5.74, 6) is 0.0715. The molecule has 2 aromatic heterocycles. The van der Waals surface area contributed by atoms with Gasteiger partial charge in [0.15, 0.2) is 0 Å². The zero-order chi connectivity index (χ0) is 20.6. The summed E-state index contributed by atoms with van der Waals surface area (Å²) in [6.45, 7) is 5.42. The van der Waals surface area contributed by atoms with Crippen LogP contribution in [0.2, 0.25) is 0 Å². The van der Waals surface area contributed by atoms with Crippen LogP contribution in [0, 0.1) is 11.2 Å². The van der Waals surface area contributed by atoms with Gasteiger partial charge in [-0.15, -0.1) is 0 Å². The highest BCUT2D eigenvalue weighted by Gasteiger charge is 2.33. The summed E-state index contributed by atoms with van der Waals surface area (Å²) in [5.41, 5.74) is 1.11. The third kappa shape index (κ3) is 4.02. The van der Waals surface area contributed by atoms with Crippen LogP contribution in [0.5, 0.6) is 0 Å². The molecule has 1 atom stereocenters. The van der Waals surface area contributed by atoms with Gasteiger partial charge in [-0.2, -0.15) is 0 Å². The Morgan fingerprint density at radius 1 is 1.21 bits per heavy atom. The third-order valence-electron chi connectivity index (χ3n) is 4.95. The highest BCUT2D eigenvalue weighted by molar-refractivity contribution is 5.55. The van der Waals surface area contributed by atoms with Crippen LogP contribution in [-0.2, 0) is 6.54 Å². The van der Waals surface area contributed by atoms with Gasteiger partial charge >= 0.3 is 0 Å². The van der Waals surface area contributed by atoms with Gasteiger partial charge in [0.2, 0.25) is 5.95 Å². The first-order chi connectivity index (χ1) is 13.8. The highest BCUT2D eigenvalue weighted by Crippen LogP contribution is 2.31. The van der Waals surface area contributed by atoms with Gasteiger partial charge in [0.25, 0.3) is 5.56 Å². The van der Waals surface area contributed by atoms with Crippen molar-refractivity contribution in [2.75, 3.05) is 18.0 Å².